The molecule has 11 aliphatic rings. The molecule has 47 heteroatoms. The van der Waals surface area contributed by atoms with Crippen LogP contribution in [0.25, 0.3) is 0 Å². The van der Waals surface area contributed by atoms with Crippen molar-refractivity contribution >= 4 is 82.5 Å². The summed E-state index contributed by atoms with van der Waals surface area (Å²) in [6, 6.07) is 3.52. The molecule has 2 saturated heterocycles. The molecule has 47 nitrogen and oxygen atoms in total. The van der Waals surface area contributed by atoms with Crippen LogP contribution >= 0.6 is 0 Å². The predicted molar refractivity (Wildman–Crippen MR) is 446 cm³/mol. The zero-order valence-electron chi connectivity index (χ0n) is 74.1. The fourth-order valence-electron chi connectivity index (χ4n) is 17.5. The Morgan fingerprint density at radius 3 is 1.25 bits per heavy atom. The summed E-state index contributed by atoms with van der Waals surface area (Å²) in [4.78, 5) is 136. The molecule has 129 heavy (non-hydrogen) atoms. The summed E-state index contributed by atoms with van der Waals surface area (Å²) in [6.07, 6.45) is 3.64. The van der Waals surface area contributed by atoms with Gasteiger partial charge in [0.1, 0.15) is 58.5 Å². The van der Waals surface area contributed by atoms with E-state index in [1.165, 1.54) is 14.2 Å². The predicted octanol–water partition coefficient (Wildman–Crippen LogP) is -1.95. The van der Waals surface area contributed by atoms with Gasteiger partial charge in [0.15, 0.2) is 11.2 Å². The van der Waals surface area contributed by atoms with Crippen LogP contribution in [0.1, 0.15) is 98.2 Å². The number of hydrogen-bond donors (Lipinski definition) is 7. The van der Waals surface area contributed by atoms with E-state index < -0.39 is 81.6 Å². The molecule has 0 unspecified atom stereocenters. The average molecular weight is 1800 g/mol. The maximum atomic E-state index is 14.0. The van der Waals surface area contributed by atoms with Crippen LogP contribution in [0.5, 0.6) is 34.5 Å². The number of carboxylic acids is 6. The second-order valence-corrected chi connectivity index (χ2v) is 35.7. The Kier molecular flexibility index (Phi) is 24.4. The maximum Gasteiger partial charge on any atom is 0.405 e. The number of carbonyl (C=O) groups is 8. The lowest BCUT2D eigenvalue weighted by Crippen LogP contribution is -2.71. The number of aryl methyl sites for hydroxylation is 1. The highest BCUT2D eigenvalue weighted by molar-refractivity contribution is 6.20. The van der Waals surface area contributed by atoms with Crippen LogP contribution < -0.4 is 44.7 Å². The number of nitrogens with one attached hydrogen (secondary N) is 1. The molecule has 1 amide bonds. The van der Waals surface area contributed by atoms with Crippen molar-refractivity contribution in [2.45, 2.75) is 142 Å². The first-order valence-electron chi connectivity index (χ1n) is 42.8. The first-order chi connectivity index (χ1) is 61.2. The maximum absolute atomic E-state index is 14.0. The number of amidine groups is 4. The minimum Gasteiger partial charge on any atom is -0.491 e. The molecule has 2 fully saturated rings. The van der Waals surface area contributed by atoms with Gasteiger partial charge in [-0.2, -0.15) is 9.13 Å². The van der Waals surface area contributed by atoms with E-state index in [-0.39, 0.29) is 289 Å². The van der Waals surface area contributed by atoms with Crippen molar-refractivity contribution < 1.29 is 126 Å². The summed E-state index contributed by atoms with van der Waals surface area (Å²) in [6.45, 7) is 20.4. The Labute approximate surface area is 738 Å². The lowest BCUT2D eigenvalue weighted by molar-refractivity contribution is -0.791. The summed E-state index contributed by atoms with van der Waals surface area (Å²) in [7, 11) is 3.05. The topological polar surface area (TPSA) is 515 Å². The summed E-state index contributed by atoms with van der Waals surface area (Å²) in [5.74, 6) is -8.38. The number of rotatable bonds is 31. The zero-order chi connectivity index (χ0) is 91.9. The number of methoxy groups -OCH3 is 2. The monoisotopic (exact) mass is 1800 g/mol. The molecular weight excluding hydrogens is 1690 g/mol. The van der Waals surface area contributed by atoms with Crippen LogP contribution in [0.15, 0.2) is 56.0 Å². The van der Waals surface area contributed by atoms with Crippen molar-refractivity contribution in [3.05, 3.63) is 69.5 Å². The summed E-state index contributed by atoms with van der Waals surface area (Å²) in [5, 5.41) is 79.2. The third-order valence-electron chi connectivity index (χ3n) is 25.8. The van der Waals surface area contributed by atoms with Crippen LogP contribution in [0.2, 0.25) is 0 Å². The minimum atomic E-state index is -1.87. The molecule has 5 aromatic rings. The van der Waals surface area contributed by atoms with Crippen molar-refractivity contribution in [2.75, 3.05) is 185 Å². The number of benzene rings is 1. The highest BCUT2D eigenvalue weighted by Crippen LogP contribution is 2.63. The van der Waals surface area contributed by atoms with Crippen LogP contribution in [0, 0.1) is 0 Å². The molecule has 15 heterocycles. The summed E-state index contributed by atoms with van der Waals surface area (Å²) in [5.41, 5.74) is -2.24. The van der Waals surface area contributed by atoms with Gasteiger partial charge in [0.2, 0.25) is 52.0 Å². The van der Waals surface area contributed by atoms with Gasteiger partial charge in [-0.05, 0) is 67.5 Å². The van der Waals surface area contributed by atoms with Crippen LogP contribution in [-0.2, 0) is 89.3 Å². The molecule has 3 atom stereocenters. The Morgan fingerprint density at radius 1 is 0.419 bits per heavy atom. The van der Waals surface area contributed by atoms with Crippen LogP contribution in [0.4, 0.5) is 11.6 Å². The average Bonchev–Trinajstić information content (AvgIpc) is 1.46. The zero-order valence-corrected chi connectivity index (χ0v) is 74.1. The van der Waals surface area contributed by atoms with Gasteiger partial charge >= 0.3 is 53.4 Å². The van der Waals surface area contributed by atoms with Gasteiger partial charge in [0.25, 0.3) is 34.3 Å². The standard InChI is InChI=1S/C82H107N23O24/c1-76(2)77(3,4)125-63-62(124-76)70-86-72-64-66(128-80(9,120-11)78(5,6)126-64)74-84-68-60-51(122-35-33-100-38-48(88-90-100)13-14-50(106)40-92-17-21-94(42-54(108)109)25-29-98(46-58(116)117)30-26-95(22-18-92)43-55(110)111)15-16-52(61(60)69-85-75-67-65(127-79(7,8)81(10,121-12)129-67)73-87-71(63)103(70)82(102(68)69,104(72)74)105(73)75)123-36-34-101-39-49(89-91-101)37-83-53(107)41-93-19-23-96(44-56(112)113)27-31-99(47-59(118)119)32-28-97(24-20-93)45-57(114)115/h15-16,38-39H,13-14,17-37,40-47H2,1-12H3,(H5-2,83,107,108,109,110,111,112,113,114,115,116,117,118,119)/p+2/t80-,81-,82-/m1/s1. The normalized spacial score (nSPS) is 23.6. The molecule has 1 aromatic carbocycles. The number of amides is 1. The minimum absolute atomic E-state index is 0.0242. The lowest BCUT2D eigenvalue weighted by Gasteiger charge is -2.45. The molecule has 0 bridgehead atoms. The van der Waals surface area contributed by atoms with Crippen molar-refractivity contribution in [2.24, 2.45) is 20.0 Å². The number of aromatic nitrogens is 8. The van der Waals surface area contributed by atoms with E-state index in [0.29, 0.717) is 34.0 Å². The largest absolute Gasteiger partial charge is 0.491 e. The fourth-order valence-corrected chi connectivity index (χ4v) is 17.5. The van der Waals surface area contributed by atoms with Gasteiger partial charge in [0.05, 0.1) is 83.9 Å². The highest BCUT2D eigenvalue weighted by atomic mass is 16.7. The quantitative estimate of drug-likeness (QED) is 0.0237. The molecule has 16 rings (SSSR count). The first kappa shape index (κ1) is 90.4. The second kappa shape index (κ2) is 34.8. The molecule has 0 saturated carbocycles. The van der Waals surface area contributed by atoms with Gasteiger partial charge in [-0.3, -0.25) is 77.6 Å². The van der Waals surface area contributed by atoms with Gasteiger partial charge in [-0.25, -0.2) is 9.36 Å². The fraction of sp³-hybridized carbons (Fsp3) is 0.610. The first-order valence-corrected chi connectivity index (χ1v) is 42.8. The van der Waals surface area contributed by atoms with Gasteiger partial charge in [-0.1, -0.05) is 30.4 Å². The number of ether oxygens (including phenoxy) is 10. The van der Waals surface area contributed by atoms with Gasteiger partial charge in [0, 0.05) is 152 Å². The number of ketones is 1. The third-order valence-corrected chi connectivity index (χ3v) is 25.8. The van der Waals surface area contributed by atoms with Crippen LogP contribution in [0.3, 0.4) is 0 Å². The smallest absolute Gasteiger partial charge is 0.405 e. The van der Waals surface area contributed by atoms with E-state index in [0.717, 1.165) is 0 Å². The van der Waals surface area contributed by atoms with E-state index >= 15 is 0 Å². The van der Waals surface area contributed by atoms with E-state index in [1.54, 1.807) is 77.1 Å². The van der Waals surface area contributed by atoms with E-state index in [4.69, 9.17) is 67.3 Å². The molecular formula is C82H109N23O24+2. The molecule has 4 aromatic heterocycles. The molecule has 1 spiro atoms. The molecule has 694 valence electrons. The number of nitrogens with zero attached hydrogens (tertiary/aromatic N) is 22. The summed E-state index contributed by atoms with van der Waals surface area (Å²) < 4.78 is 80.5. The van der Waals surface area contributed by atoms with Crippen molar-refractivity contribution in [3.63, 3.8) is 0 Å². The van der Waals surface area contributed by atoms with Crippen LogP contribution in [-0.4, -0.2) is 407 Å². The molecule has 0 aliphatic carbocycles. The Balaban J connectivity index is 0.719. The Hall–Kier alpha value is -12.0. The number of fused-ring (bicyclic) bond motifs is 11. The second-order valence-electron chi connectivity index (χ2n) is 35.7. The van der Waals surface area contributed by atoms with E-state index in [1.807, 2.05) is 83.5 Å². The molecule has 7 N–H and O–H groups in total. The Morgan fingerprint density at radius 2 is 0.791 bits per heavy atom. The molecule has 0 radical (unpaired) electrons. The number of hydrogen-bond acceptors (Lipinski definition) is 34. The number of aliphatic imine (C=N–C) groups is 2. The van der Waals surface area contributed by atoms with Gasteiger partial charge in [-0.15, -0.1) is 19.3 Å². The molecule has 11 aliphatic heterocycles. The lowest BCUT2D eigenvalue weighted by atomic mass is 9.88. The summed E-state index contributed by atoms with van der Waals surface area (Å²) >= 11 is 0. The van der Waals surface area contributed by atoms with Crippen molar-refractivity contribution in [1.29, 1.82) is 0 Å². The highest BCUT2D eigenvalue weighted by Gasteiger charge is 2.75. The SMILES string of the molecule is CO[C@]1(C)Oc2c(c3n4c2N=C2c5c(OCCn6cc(CNC(=O)CN7CCN(CC(=O)O)CCN(CC(=O)O)CCN(CC(=O)O)CC7)nn6)ccc(OCCn6cc(CCC(=O)CN7CCN(CC(=O)O)CCN(CC(=O)O)CCN(CC(=O)O)CC7)nn6)c5C5=[N+]2[C@@]42n4c(c6c(c4=N5)O[C@@](C)(OC)C(C)(C)O6)=NC4=[N+]2C(=N3)C2=C4OC(C)(C)C(C)(C)O2)OC1(C)C. The van der Waals surface area contributed by atoms with E-state index in [2.05, 4.69) is 25.9 Å². The van der Waals surface area contributed by atoms with Gasteiger partial charge < -0.3 is 83.3 Å². The number of carboxylic acid groups (broad SMARTS) is 6. The van der Waals surface area contributed by atoms with E-state index in [9.17, 15) is 69.0 Å². The number of aliphatic carboxylic acids is 6. The number of Topliss-reactive ketones (excluding diaryl/α,β-unsaturated/α-hetero) is 1. The Bertz CT molecular complexity index is 5620. The van der Waals surface area contributed by atoms with Crippen molar-refractivity contribution in [3.8, 4) is 34.5 Å². The number of carbonyl (C=O) groups excluding carboxylic acids is 2. The van der Waals surface area contributed by atoms with Crippen molar-refractivity contribution in [1.82, 2.24) is 83.6 Å². The third kappa shape index (κ3) is 17.2.